The van der Waals surface area contributed by atoms with Crippen molar-refractivity contribution in [1.82, 2.24) is 10.2 Å². The average Bonchev–Trinajstić information content (AvgIpc) is 3.35. The van der Waals surface area contributed by atoms with Crippen molar-refractivity contribution in [2.24, 2.45) is 0 Å². The normalized spacial score (nSPS) is 16.0. The molecule has 4 rings (SSSR count). The van der Waals surface area contributed by atoms with Crippen molar-refractivity contribution in [2.75, 3.05) is 19.6 Å². The fraction of sp³-hybridized carbons (Fsp3) is 0.286. The summed E-state index contributed by atoms with van der Waals surface area (Å²) in [4.78, 5) is 15.0. The number of amides is 1. The van der Waals surface area contributed by atoms with Crippen molar-refractivity contribution in [1.29, 1.82) is 0 Å². The maximum atomic E-state index is 12.7. The van der Waals surface area contributed by atoms with Crippen LogP contribution in [0.1, 0.15) is 35.0 Å². The molecule has 5 nitrogen and oxygen atoms in total. The van der Waals surface area contributed by atoms with E-state index in [1.54, 1.807) is 18.4 Å². The van der Waals surface area contributed by atoms with E-state index in [1.807, 2.05) is 36.4 Å². The van der Waals surface area contributed by atoms with Crippen LogP contribution < -0.4 is 5.32 Å². The number of hydrogen-bond acceptors (Lipinski definition) is 4. The lowest BCUT2D eigenvalue weighted by atomic mass is 10.1. The fourth-order valence-corrected chi connectivity index (χ4v) is 3.64. The lowest BCUT2D eigenvalue weighted by Gasteiger charge is -2.26. The third-order valence-corrected chi connectivity index (χ3v) is 5.02. The second kappa shape index (κ2) is 7.22. The standard InChI is InChI=1S/C21H22N2O3/c24-19-13-16-7-2-1-6-15(16)12-17(19)21(25)22-14-18(20-8-5-11-26-20)23-9-3-4-10-23/h1-2,5-8,11-13,18,24H,3-4,9-10,14H2,(H,22,25). The van der Waals surface area contributed by atoms with Crippen molar-refractivity contribution in [3.63, 3.8) is 0 Å². The van der Waals surface area contributed by atoms with Crippen LogP contribution >= 0.6 is 0 Å². The number of fused-ring (bicyclic) bond motifs is 1. The number of benzene rings is 2. The molecule has 1 amide bonds. The third-order valence-electron chi connectivity index (χ3n) is 5.02. The van der Waals surface area contributed by atoms with Gasteiger partial charge in [0.2, 0.25) is 0 Å². The fourth-order valence-electron chi connectivity index (χ4n) is 3.64. The van der Waals surface area contributed by atoms with Gasteiger partial charge < -0.3 is 14.8 Å². The largest absolute Gasteiger partial charge is 0.507 e. The van der Waals surface area contributed by atoms with Gasteiger partial charge in [-0.1, -0.05) is 24.3 Å². The molecule has 0 saturated carbocycles. The molecule has 1 saturated heterocycles. The Bertz CT molecular complexity index is 899. The Labute approximate surface area is 152 Å². The number of aromatic hydroxyl groups is 1. The highest BCUT2D eigenvalue weighted by atomic mass is 16.3. The molecule has 1 unspecified atom stereocenters. The Morgan fingerprint density at radius 1 is 1.12 bits per heavy atom. The Morgan fingerprint density at radius 3 is 2.54 bits per heavy atom. The van der Waals surface area contributed by atoms with Crippen LogP contribution in [0.4, 0.5) is 0 Å². The zero-order chi connectivity index (χ0) is 17.9. The van der Waals surface area contributed by atoms with E-state index in [9.17, 15) is 9.90 Å². The summed E-state index contributed by atoms with van der Waals surface area (Å²) in [7, 11) is 0. The van der Waals surface area contributed by atoms with Crippen LogP contribution in [0, 0.1) is 0 Å². The molecule has 1 aliphatic rings. The van der Waals surface area contributed by atoms with Gasteiger partial charge in [-0.15, -0.1) is 0 Å². The summed E-state index contributed by atoms with van der Waals surface area (Å²) >= 11 is 0. The predicted octanol–water partition coefficient (Wildman–Crippen LogP) is 3.71. The Kier molecular flexibility index (Phi) is 4.63. The first-order valence-electron chi connectivity index (χ1n) is 9.00. The van der Waals surface area contributed by atoms with E-state index in [0.717, 1.165) is 42.5 Å². The van der Waals surface area contributed by atoms with E-state index in [4.69, 9.17) is 4.42 Å². The molecule has 5 heteroatoms. The molecule has 1 aromatic heterocycles. The average molecular weight is 350 g/mol. The van der Waals surface area contributed by atoms with Crippen LogP contribution in [0.2, 0.25) is 0 Å². The van der Waals surface area contributed by atoms with E-state index in [-0.39, 0.29) is 17.7 Å². The summed E-state index contributed by atoms with van der Waals surface area (Å²) in [5.41, 5.74) is 0.295. The first kappa shape index (κ1) is 16.7. The van der Waals surface area contributed by atoms with Crippen LogP contribution in [0.5, 0.6) is 5.75 Å². The van der Waals surface area contributed by atoms with Gasteiger partial charge in [-0.2, -0.15) is 0 Å². The van der Waals surface area contributed by atoms with Gasteiger partial charge in [0.05, 0.1) is 17.9 Å². The highest BCUT2D eigenvalue weighted by molar-refractivity contribution is 6.01. The van der Waals surface area contributed by atoms with Crippen molar-refractivity contribution in [2.45, 2.75) is 18.9 Å². The van der Waals surface area contributed by atoms with Crippen LogP contribution in [0.15, 0.2) is 59.2 Å². The Morgan fingerprint density at radius 2 is 1.85 bits per heavy atom. The third kappa shape index (κ3) is 3.30. The molecule has 2 aromatic carbocycles. The first-order valence-corrected chi connectivity index (χ1v) is 9.00. The number of rotatable bonds is 5. The number of nitrogens with zero attached hydrogens (tertiary/aromatic N) is 1. The van der Waals surface area contributed by atoms with E-state index < -0.39 is 0 Å². The maximum absolute atomic E-state index is 12.7. The van der Waals surface area contributed by atoms with Gasteiger partial charge >= 0.3 is 0 Å². The number of nitrogens with one attached hydrogen (secondary N) is 1. The number of phenols is 1. The van der Waals surface area contributed by atoms with Crippen molar-refractivity contribution < 1.29 is 14.3 Å². The second-order valence-electron chi connectivity index (χ2n) is 6.70. The molecule has 2 heterocycles. The number of phenolic OH excluding ortho intramolecular Hbond substituents is 1. The Hall–Kier alpha value is -2.79. The molecule has 1 atom stereocenters. The summed E-state index contributed by atoms with van der Waals surface area (Å²) in [6.45, 7) is 2.45. The van der Waals surface area contributed by atoms with Gasteiger partial charge in [0.15, 0.2) is 0 Å². The van der Waals surface area contributed by atoms with Gasteiger partial charge in [-0.05, 0) is 61.0 Å². The lowest BCUT2D eigenvalue weighted by Crippen LogP contribution is -2.36. The summed E-state index contributed by atoms with van der Waals surface area (Å²) in [5.74, 6) is 0.580. The SMILES string of the molecule is O=C(NCC(c1ccco1)N1CCCC1)c1cc2ccccc2cc1O. The van der Waals surface area contributed by atoms with Gasteiger partial charge in [0, 0.05) is 6.54 Å². The molecule has 134 valence electrons. The lowest BCUT2D eigenvalue weighted by molar-refractivity contribution is 0.0931. The summed E-state index contributed by atoms with van der Waals surface area (Å²) in [6.07, 6.45) is 3.99. The quantitative estimate of drug-likeness (QED) is 0.736. The molecular formula is C21H22N2O3. The minimum atomic E-state index is -0.274. The molecule has 0 bridgehead atoms. The van der Waals surface area contributed by atoms with Gasteiger partial charge in [-0.3, -0.25) is 9.69 Å². The monoisotopic (exact) mass is 350 g/mol. The van der Waals surface area contributed by atoms with Gasteiger partial charge in [-0.25, -0.2) is 0 Å². The number of hydrogen-bond donors (Lipinski definition) is 2. The molecule has 0 aliphatic carbocycles. The van der Waals surface area contributed by atoms with Crippen molar-refractivity contribution >= 4 is 16.7 Å². The molecule has 3 aromatic rings. The minimum absolute atomic E-state index is 0.00285. The molecule has 0 radical (unpaired) electrons. The maximum Gasteiger partial charge on any atom is 0.255 e. The molecule has 2 N–H and O–H groups in total. The summed E-state index contributed by atoms with van der Waals surface area (Å²) in [6, 6.07) is 14.9. The van der Waals surface area contributed by atoms with Crippen LogP contribution in [0.3, 0.4) is 0 Å². The summed E-state index contributed by atoms with van der Waals surface area (Å²) in [5, 5.41) is 15.1. The zero-order valence-corrected chi connectivity index (χ0v) is 14.5. The highest BCUT2D eigenvalue weighted by Gasteiger charge is 2.26. The van der Waals surface area contributed by atoms with Crippen molar-refractivity contribution in [3.8, 4) is 5.75 Å². The first-order chi connectivity index (χ1) is 12.7. The van der Waals surface area contributed by atoms with E-state index in [1.165, 1.54) is 0 Å². The predicted molar refractivity (Wildman–Crippen MR) is 100 cm³/mol. The molecule has 1 aliphatic heterocycles. The number of furan rings is 1. The van der Waals surface area contributed by atoms with Crippen molar-refractivity contribution in [3.05, 3.63) is 66.1 Å². The van der Waals surface area contributed by atoms with Crippen LogP contribution in [0.25, 0.3) is 10.8 Å². The second-order valence-corrected chi connectivity index (χ2v) is 6.70. The zero-order valence-electron chi connectivity index (χ0n) is 14.5. The number of likely N-dealkylation sites (tertiary alicyclic amines) is 1. The van der Waals surface area contributed by atoms with Crippen LogP contribution in [-0.4, -0.2) is 35.5 Å². The van der Waals surface area contributed by atoms with E-state index in [0.29, 0.717) is 12.1 Å². The number of carbonyl (C=O) groups is 1. The van der Waals surface area contributed by atoms with Crippen LogP contribution in [-0.2, 0) is 0 Å². The van der Waals surface area contributed by atoms with E-state index in [2.05, 4.69) is 10.2 Å². The van der Waals surface area contributed by atoms with E-state index >= 15 is 0 Å². The molecule has 0 spiro atoms. The van der Waals surface area contributed by atoms with Gasteiger partial charge in [0.1, 0.15) is 11.5 Å². The minimum Gasteiger partial charge on any atom is -0.507 e. The molecular weight excluding hydrogens is 328 g/mol. The molecule has 26 heavy (non-hydrogen) atoms. The summed E-state index contributed by atoms with van der Waals surface area (Å²) < 4.78 is 5.59. The topological polar surface area (TPSA) is 65.7 Å². The molecule has 1 fully saturated rings. The van der Waals surface area contributed by atoms with Gasteiger partial charge in [0.25, 0.3) is 5.91 Å². The highest BCUT2D eigenvalue weighted by Crippen LogP contribution is 2.27. The smallest absolute Gasteiger partial charge is 0.255 e. The number of carbonyl (C=O) groups excluding carboxylic acids is 1. The Balaban J connectivity index is 1.52.